The topological polar surface area (TPSA) is 183 Å². The zero-order valence-corrected chi connectivity index (χ0v) is 44.8. The normalized spacial score (nSPS) is 18.8. The molecule has 0 bridgehead atoms. The van der Waals surface area contributed by atoms with Gasteiger partial charge in [-0.15, -0.1) is 11.3 Å². The Kier molecular flexibility index (Phi) is 21.1. The van der Waals surface area contributed by atoms with E-state index in [-0.39, 0.29) is 54.9 Å². The molecule has 4 N–H and O–H groups in total. The summed E-state index contributed by atoms with van der Waals surface area (Å²) >= 11 is 8.01. The van der Waals surface area contributed by atoms with Crippen LogP contribution in [0.15, 0.2) is 78.4 Å². The molecule has 1 aliphatic heterocycles. The van der Waals surface area contributed by atoms with Crippen molar-refractivity contribution in [2.24, 2.45) is 17.3 Å². The number of nitrogens with zero attached hydrogens (tertiary/aromatic N) is 3. The molecule has 0 radical (unpaired) electrons. The van der Waals surface area contributed by atoms with Crippen LogP contribution in [-0.4, -0.2) is 128 Å². The van der Waals surface area contributed by atoms with E-state index >= 15 is 0 Å². The number of β-amino-alcohol motifs (C(OH)–C–C–N with tert-alkyl or cyclic N) is 1. The second-order valence-corrected chi connectivity index (χ2v) is 21.5. The third kappa shape index (κ3) is 16.0. The number of ether oxygens (including phenoxy) is 5. The minimum absolute atomic E-state index is 0.0533. The van der Waals surface area contributed by atoms with Crippen molar-refractivity contribution in [3.8, 4) is 16.2 Å². The van der Waals surface area contributed by atoms with Gasteiger partial charge in [-0.1, -0.05) is 63.6 Å². The van der Waals surface area contributed by atoms with Gasteiger partial charge in [-0.3, -0.25) is 19.4 Å². The Hall–Kier alpha value is -5.11. The molecule has 5 aromatic rings. The molecule has 15 nitrogen and oxygen atoms in total. The van der Waals surface area contributed by atoms with Crippen molar-refractivity contribution < 1.29 is 47.6 Å². The molecule has 7 rings (SSSR count). The highest BCUT2D eigenvalue weighted by Crippen LogP contribution is 2.41. The fourth-order valence-corrected chi connectivity index (χ4v) is 10.7. The smallest absolute Gasteiger partial charge is 0.243 e. The average Bonchev–Trinajstić information content (AvgIpc) is 4.01. The number of fused-ring (bicyclic) bond motifs is 1. The van der Waals surface area contributed by atoms with Gasteiger partial charge in [0.25, 0.3) is 0 Å². The number of nitrogens with one attached hydrogen (secondary N) is 3. The second kappa shape index (κ2) is 27.6. The number of aliphatic hydroxyl groups is 1. The average molecular weight is 1060 g/mol. The number of aryl methyl sites for hydroxylation is 1. The van der Waals surface area contributed by atoms with Gasteiger partial charge in [0.1, 0.15) is 24.2 Å². The zero-order chi connectivity index (χ0) is 52.6. The number of thiazole rings is 1. The Labute approximate surface area is 443 Å². The SMILES string of the molecule is Cc1ncsc1-c1ccc(CNC(=O)[C@@H]2C[C@@H](O)CN2C(=O)[C@@H](NCCOCCOCCOCCOCCOc2cc(NC(=O)[C@H](C)C3CCC(c4ccnc5ccc(F)cc45)CC3)ccc2Cl)C(C)(C)C)cc1. The molecule has 2 aromatic heterocycles. The van der Waals surface area contributed by atoms with Crippen LogP contribution in [0, 0.1) is 30.0 Å². The maximum atomic E-state index is 14.1. The lowest BCUT2D eigenvalue weighted by Crippen LogP contribution is -2.57. The van der Waals surface area contributed by atoms with Crippen LogP contribution >= 0.6 is 22.9 Å². The molecule has 400 valence electrons. The van der Waals surface area contributed by atoms with Crippen LogP contribution in [0.3, 0.4) is 0 Å². The van der Waals surface area contributed by atoms with E-state index < -0.39 is 23.6 Å². The number of aliphatic hydroxyl groups excluding tert-OH is 1. The molecule has 18 heteroatoms. The van der Waals surface area contributed by atoms with Gasteiger partial charge in [0.2, 0.25) is 17.7 Å². The molecule has 3 aromatic carbocycles. The summed E-state index contributed by atoms with van der Waals surface area (Å²) in [7, 11) is 0. The van der Waals surface area contributed by atoms with Gasteiger partial charge in [0, 0.05) is 55.3 Å². The van der Waals surface area contributed by atoms with Gasteiger partial charge < -0.3 is 49.6 Å². The number of rotatable bonds is 26. The number of halogens is 2. The Morgan fingerprint density at radius 2 is 1.54 bits per heavy atom. The van der Waals surface area contributed by atoms with Crippen LogP contribution in [0.1, 0.15) is 82.5 Å². The Morgan fingerprint density at radius 1 is 0.865 bits per heavy atom. The highest BCUT2D eigenvalue weighted by molar-refractivity contribution is 7.13. The van der Waals surface area contributed by atoms with Gasteiger partial charge in [-0.2, -0.15) is 0 Å². The van der Waals surface area contributed by atoms with Crippen LogP contribution in [0.2, 0.25) is 5.02 Å². The van der Waals surface area contributed by atoms with E-state index in [4.69, 9.17) is 35.3 Å². The number of anilines is 1. The van der Waals surface area contributed by atoms with E-state index in [0.29, 0.717) is 88.3 Å². The van der Waals surface area contributed by atoms with Gasteiger partial charge in [0.05, 0.1) is 91.6 Å². The van der Waals surface area contributed by atoms with Crippen LogP contribution < -0.4 is 20.7 Å². The molecule has 3 amide bonds. The number of likely N-dealkylation sites (tertiary alicyclic amines) is 1. The van der Waals surface area contributed by atoms with E-state index in [9.17, 15) is 23.9 Å². The van der Waals surface area contributed by atoms with Gasteiger partial charge in [-0.25, -0.2) is 9.37 Å². The first-order valence-corrected chi connectivity index (χ1v) is 27.0. The number of benzene rings is 3. The number of amides is 3. The lowest BCUT2D eigenvalue weighted by atomic mass is 9.73. The maximum Gasteiger partial charge on any atom is 0.243 e. The first kappa shape index (κ1) is 56.6. The number of pyridine rings is 1. The van der Waals surface area contributed by atoms with E-state index in [1.54, 1.807) is 47.9 Å². The predicted molar refractivity (Wildman–Crippen MR) is 286 cm³/mol. The van der Waals surface area contributed by atoms with E-state index in [1.165, 1.54) is 11.0 Å². The first-order chi connectivity index (χ1) is 35.7. The summed E-state index contributed by atoms with van der Waals surface area (Å²) in [6, 6.07) is 18.5. The maximum absolute atomic E-state index is 14.1. The molecule has 2 fully saturated rings. The van der Waals surface area contributed by atoms with Gasteiger partial charge in [0.15, 0.2) is 0 Å². The molecule has 74 heavy (non-hydrogen) atoms. The third-order valence-electron chi connectivity index (χ3n) is 13.9. The Morgan fingerprint density at radius 3 is 2.20 bits per heavy atom. The molecule has 4 atom stereocenters. The third-order valence-corrected chi connectivity index (χ3v) is 15.2. The van der Waals surface area contributed by atoms with Crippen molar-refractivity contribution in [1.82, 2.24) is 25.5 Å². The van der Waals surface area contributed by atoms with Crippen molar-refractivity contribution in [2.45, 2.75) is 97.4 Å². The number of carbonyl (C=O) groups is 3. The molecule has 0 spiro atoms. The van der Waals surface area contributed by atoms with Crippen molar-refractivity contribution in [1.29, 1.82) is 0 Å². The highest BCUT2D eigenvalue weighted by Gasteiger charge is 2.44. The number of hydrogen-bond acceptors (Lipinski definition) is 13. The highest BCUT2D eigenvalue weighted by atomic mass is 35.5. The fourth-order valence-electron chi connectivity index (χ4n) is 9.73. The van der Waals surface area contributed by atoms with Gasteiger partial charge in [-0.05, 0) is 103 Å². The lowest BCUT2D eigenvalue weighted by molar-refractivity contribution is -0.142. The summed E-state index contributed by atoms with van der Waals surface area (Å²) in [6.45, 7) is 13.9. The molecular weight excluding hydrogens is 987 g/mol. The molecule has 1 saturated carbocycles. The van der Waals surface area contributed by atoms with E-state index in [1.807, 2.05) is 70.5 Å². The second-order valence-electron chi connectivity index (χ2n) is 20.2. The standard InChI is InChI=1S/C56H72ClFN6O9S/c1-36(39-10-12-40(13-11-39)45-18-19-59-48-17-14-42(58)30-46(45)48)53(66)63-43-15-16-47(57)50(31-43)73-29-28-72-27-26-71-25-24-70-23-22-69-21-20-60-52(56(3,4)5)55(68)64-34-44(65)32-49(64)54(67)61-33-38-6-8-41(9-7-38)51-37(2)62-35-74-51/h6-9,14-19,30-31,35-36,39-40,44,49,52,60,65H,10-13,20-29,32-34H2,1-5H3,(H,61,67)(H,63,66)/t36-,39?,40?,44-,49+,52-/m1/s1. The summed E-state index contributed by atoms with van der Waals surface area (Å²) in [6.07, 6.45) is 4.84. The first-order valence-electron chi connectivity index (χ1n) is 25.7. The monoisotopic (exact) mass is 1060 g/mol. The summed E-state index contributed by atoms with van der Waals surface area (Å²) in [5.74, 6) is -0.0420. The lowest BCUT2D eigenvalue weighted by Gasteiger charge is -2.35. The van der Waals surface area contributed by atoms with Crippen LogP contribution in [0.5, 0.6) is 5.75 Å². The fraction of sp³-hybridized carbons (Fsp3) is 0.518. The predicted octanol–water partition coefficient (Wildman–Crippen LogP) is 8.74. The van der Waals surface area contributed by atoms with E-state index in [0.717, 1.165) is 63.8 Å². The van der Waals surface area contributed by atoms with Gasteiger partial charge >= 0.3 is 0 Å². The minimum Gasteiger partial charge on any atom is -0.490 e. The molecule has 3 heterocycles. The Bertz CT molecular complexity index is 2610. The van der Waals surface area contributed by atoms with Crippen molar-refractivity contribution in [3.63, 3.8) is 0 Å². The van der Waals surface area contributed by atoms with Crippen molar-refractivity contribution in [2.75, 3.05) is 77.9 Å². The summed E-state index contributed by atoms with van der Waals surface area (Å²) in [4.78, 5) is 52.1. The molecule has 1 saturated heterocycles. The van der Waals surface area contributed by atoms with Crippen LogP contribution in [0.25, 0.3) is 21.3 Å². The zero-order valence-electron chi connectivity index (χ0n) is 43.2. The summed E-state index contributed by atoms with van der Waals surface area (Å²) < 4.78 is 42.7. The largest absolute Gasteiger partial charge is 0.490 e. The number of aromatic nitrogens is 2. The summed E-state index contributed by atoms with van der Waals surface area (Å²) in [5.41, 5.74) is 6.87. The molecule has 2 aliphatic rings. The van der Waals surface area contributed by atoms with Crippen LogP contribution in [0.4, 0.5) is 10.1 Å². The van der Waals surface area contributed by atoms with Crippen LogP contribution in [-0.2, 0) is 39.9 Å². The quantitative estimate of drug-likeness (QED) is 0.0387. The van der Waals surface area contributed by atoms with Crippen molar-refractivity contribution in [3.05, 3.63) is 106 Å². The van der Waals surface area contributed by atoms with Crippen molar-refractivity contribution >= 4 is 57.2 Å². The number of hydrogen-bond donors (Lipinski definition) is 4. The minimum atomic E-state index is -0.790. The molecule has 0 unspecified atom stereocenters. The summed E-state index contributed by atoms with van der Waals surface area (Å²) in [5, 5.41) is 21.2. The molecule has 1 aliphatic carbocycles. The Balaban J connectivity index is 0.704. The molecular formula is C56H72ClFN6O9S. The van der Waals surface area contributed by atoms with E-state index in [2.05, 4.69) is 25.9 Å². The number of carbonyl (C=O) groups excluding carboxylic acids is 3.